The van der Waals surface area contributed by atoms with Crippen LogP contribution in [0.25, 0.3) is 16.7 Å². The summed E-state index contributed by atoms with van der Waals surface area (Å²) in [5, 5.41) is 15.5. The first-order valence-corrected chi connectivity index (χ1v) is 9.51. The normalized spacial score (nSPS) is 15.7. The zero-order valence-corrected chi connectivity index (χ0v) is 14.5. The average Bonchev–Trinajstić information content (AvgIpc) is 3.18. The number of nitrogens with zero attached hydrogens (tertiary/aromatic N) is 2. The highest BCUT2D eigenvalue weighted by Crippen LogP contribution is 2.37. The number of aliphatic hydroxyl groups excluding tert-OH is 1. The number of anilines is 1. The van der Waals surface area contributed by atoms with Crippen molar-refractivity contribution in [2.75, 3.05) is 5.32 Å². The minimum atomic E-state index is -4.02. The molecule has 0 aliphatic carbocycles. The predicted octanol–water partition coefficient (Wildman–Crippen LogP) is 1.79. The fourth-order valence-corrected chi connectivity index (χ4v) is 4.88. The van der Waals surface area contributed by atoms with E-state index in [0.29, 0.717) is 16.0 Å². The van der Waals surface area contributed by atoms with Gasteiger partial charge in [0.15, 0.2) is 16.6 Å². The molecule has 0 radical (unpaired) electrons. The molecule has 8 nitrogen and oxygen atoms in total. The SMILES string of the molecule is Cn1c2c(c3ccccc31)S(=O)(=O)NC(C(=O)Nc1nccs1)=C2O. The fourth-order valence-electron chi connectivity index (χ4n) is 2.85. The lowest BCUT2D eigenvalue weighted by Gasteiger charge is -2.19. The molecular formula is C15H12N4O4S2. The average molecular weight is 376 g/mol. The molecule has 2 aromatic heterocycles. The zero-order valence-electron chi connectivity index (χ0n) is 12.8. The third kappa shape index (κ3) is 2.29. The van der Waals surface area contributed by atoms with Crippen molar-refractivity contribution in [1.82, 2.24) is 14.3 Å². The highest BCUT2D eigenvalue weighted by atomic mass is 32.2. The fraction of sp³-hybridized carbons (Fsp3) is 0.0667. The Hall–Kier alpha value is -2.85. The Morgan fingerprint density at radius 1 is 1.36 bits per heavy atom. The number of carbonyl (C=O) groups excluding carboxylic acids is 1. The number of para-hydroxylation sites is 1. The molecule has 1 aliphatic rings. The monoisotopic (exact) mass is 376 g/mol. The second kappa shape index (κ2) is 5.33. The number of thiazole rings is 1. The highest BCUT2D eigenvalue weighted by Gasteiger charge is 2.37. The van der Waals surface area contributed by atoms with Crippen molar-refractivity contribution in [3.63, 3.8) is 0 Å². The van der Waals surface area contributed by atoms with Crippen LogP contribution in [0.15, 0.2) is 46.4 Å². The van der Waals surface area contributed by atoms with Gasteiger partial charge < -0.3 is 9.67 Å². The Kier molecular flexibility index (Phi) is 3.34. The van der Waals surface area contributed by atoms with Gasteiger partial charge in [0, 0.05) is 29.5 Å². The molecule has 4 rings (SSSR count). The minimum absolute atomic E-state index is 0.0473. The topological polar surface area (TPSA) is 113 Å². The predicted molar refractivity (Wildman–Crippen MR) is 93.5 cm³/mol. The summed E-state index contributed by atoms with van der Waals surface area (Å²) in [7, 11) is -2.39. The smallest absolute Gasteiger partial charge is 0.278 e. The molecule has 10 heteroatoms. The van der Waals surface area contributed by atoms with E-state index in [1.54, 1.807) is 41.3 Å². The second-order valence-electron chi connectivity index (χ2n) is 5.37. The van der Waals surface area contributed by atoms with Crippen molar-refractivity contribution in [1.29, 1.82) is 0 Å². The van der Waals surface area contributed by atoms with E-state index < -0.39 is 27.4 Å². The lowest BCUT2D eigenvalue weighted by molar-refractivity contribution is -0.113. The van der Waals surface area contributed by atoms with Crippen molar-refractivity contribution in [2.24, 2.45) is 7.05 Å². The first kappa shape index (κ1) is 15.7. The summed E-state index contributed by atoms with van der Waals surface area (Å²) in [4.78, 5) is 16.3. The number of hydrogen-bond acceptors (Lipinski definition) is 6. The quantitative estimate of drug-likeness (QED) is 0.631. The van der Waals surface area contributed by atoms with Gasteiger partial charge in [-0.25, -0.2) is 13.4 Å². The number of sulfonamides is 1. The Balaban J connectivity index is 1.93. The molecule has 0 spiro atoms. The van der Waals surface area contributed by atoms with Crippen molar-refractivity contribution < 1.29 is 18.3 Å². The van der Waals surface area contributed by atoms with Gasteiger partial charge in [-0.1, -0.05) is 18.2 Å². The van der Waals surface area contributed by atoms with Crippen LogP contribution in [0, 0.1) is 0 Å². The number of aryl methyl sites for hydroxylation is 1. The van der Waals surface area contributed by atoms with E-state index in [-0.39, 0.29) is 10.6 Å². The van der Waals surface area contributed by atoms with Crippen molar-refractivity contribution >= 4 is 49.1 Å². The summed E-state index contributed by atoms with van der Waals surface area (Å²) < 4.78 is 29.1. The molecule has 3 N–H and O–H groups in total. The van der Waals surface area contributed by atoms with E-state index in [9.17, 15) is 18.3 Å². The van der Waals surface area contributed by atoms with Gasteiger partial charge in [0.2, 0.25) is 0 Å². The van der Waals surface area contributed by atoms with Crippen LogP contribution in [-0.2, 0) is 21.9 Å². The standard InChI is InChI=1S/C15H12N4O4S2/c1-19-9-5-3-2-4-8(9)13-11(19)12(20)10(18-25(13,22)23)14(21)17-15-16-6-7-24-15/h2-7,18,20H,1H3,(H,16,17,21). The molecular weight excluding hydrogens is 364 g/mol. The molecule has 3 aromatic rings. The molecule has 25 heavy (non-hydrogen) atoms. The van der Waals surface area contributed by atoms with Crippen molar-refractivity contribution in [2.45, 2.75) is 4.90 Å². The van der Waals surface area contributed by atoms with Crippen LogP contribution in [-0.4, -0.2) is 29.0 Å². The molecule has 3 heterocycles. The molecule has 0 unspecified atom stereocenters. The molecule has 0 saturated carbocycles. The van der Waals surface area contributed by atoms with E-state index in [1.165, 1.54) is 17.5 Å². The van der Waals surface area contributed by atoms with Crippen LogP contribution >= 0.6 is 11.3 Å². The summed E-state index contributed by atoms with van der Waals surface area (Å²) in [6, 6.07) is 6.88. The Bertz CT molecular complexity index is 1140. The van der Waals surface area contributed by atoms with Gasteiger partial charge in [0.05, 0.1) is 0 Å². The summed E-state index contributed by atoms with van der Waals surface area (Å²) in [6.45, 7) is 0. The molecule has 0 bridgehead atoms. The van der Waals surface area contributed by atoms with E-state index in [1.807, 2.05) is 0 Å². The maximum absolute atomic E-state index is 12.7. The maximum Gasteiger partial charge on any atom is 0.278 e. The third-order valence-corrected chi connectivity index (χ3v) is 6.02. The zero-order chi connectivity index (χ0) is 17.8. The minimum Gasteiger partial charge on any atom is -0.504 e. The number of rotatable bonds is 2. The Morgan fingerprint density at radius 2 is 2.12 bits per heavy atom. The van der Waals surface area contributed by atoms with Gasteiger partial charge in [-0.15, -0.1) is 11.3 Å². The molecule has 0 saturated heterocycles. The first-order valence-electron chi connectivity index (χ1n) is 7.15. The van der Waals surface area contributed by atoms with Gasteiger partial charge >= 0.3 is 0 Å². The van der Waals surface area contributed by atoms with E-state index in [4.69, 9.17) is 0 Å². The van der Waals surface area contributed by atoms with E-state index in [2.05, 4.69) is 15.0 Å². The summed E-state index contributed by atoms with van der Waals surface area (Å²) in [5.74, 6) is -1.22. The summed E-state index contributed by atoms with van der Waals surface area (Å²) >= 11 is 1.18. The van der Waals surface area contributed by atoms with Gasteiger partial charge in [-0.2, -0.15) is 0 Å². The lowest BCUT2D eigenvalue weighted by atomic mass is 10.2. The maximum atomic E-state index is 12.7. The second-order valence-corrected chi connectivity index (χ2v) is 7.89. The molecule has 0 fully saturated rings. The number of nitrogens with one attached hydrogen (secondary N) is 2. The van der Waals surface area contributed by atoms with Crippen LogP contribution < -0.4 is 10.0 Å². The largest absolute Gasteiger partial charge is 0.504 e. The number of aliphatic hydroxyl groups is 1. The summed E-state index contributed by atoms with van der Waals surface area (Å²) in [6.07, 6.45) is 1.50. The molecule has 1 aliphatic heterocycles. The van der Waals surface area contributed by atoms with Gasteiger partial charge in [-0.05, 0) is 6.07 Å². The lowest BCUT2D eigenvalue weighted by Crippen LogP contribution is -2.35. The van der Waals surface area contributed by atoms with Crippen LogP contribution in [0.1, 0.15) is 5.69 Å². The van der Waals surface area contributed by atoms with Crippen LogP contribution in [0.2, 0.25) is 0 Å². The molecule has 0 atom stereocenters. The van der Waals surface area contributed by atoms with Crippen LogP contribution in [0.5, 0.6) is 0 Å². The molecule has 128 valence electrons. The van der Waals surface area contributed by atoms with Crippen LogP contribution in [0.3, 0.4) is 0 Å². The third-order valence-electron chi connectivity index (χ3n) is 3.91. The van der Waals surface area contributed by atoms with E-state index in [0.717, 1.165) is 0 Å². The van der Waals surface area contributed by atoms with Crippen molar-refractivity contribution in [3.8, 4) is 0 Å². The van der Waals surface area contributed by atoms with Crippen LogP contribution in [0.4, 0.5) is 5.13 Å². The number of aromatic nitrogens is 2. The number of benzene rings is 1. The Labute approximate surface area is 146 Å². The first-order chi connectivity index (χ1) is 11.9. The number of hydrogen-bond donors (Lipinski definition) is 3. The molecule has 1 aromatic carbocycles. The number of amides is 1. The molecule has 1 amide bonds. The summed E-state index contributed by atoms with van der Waals surface area (Å²) in [5.41, 5.74) is 0.267. The van der Waals surface area contributed by atoms with Gasteiger partial charge in [0.1, 0.15) is 10.6 Å². The van der Waals surface area contributed by atoms with Gasteiger partial charge in [-0.3, -0.25) is 14.8 Å². The highest BCUT2D eigenvalue weighted by molar-refractivity contribution is 7.90. The number of carbonyl (C=O) groups is 1. The Morgan fingerprint density at radius 3 is 2.84 bits per heavy atom. The number of fused-ring (bicyclic) bond motifs is 3. The van der Waals surface area contributed by atoms with E-state index >= 15 is 0 Å². The van der Waals surface area contributed by atoms with Gasteiger partial charge in [0.25, 0.3) is 15.9 Å². The van der Waals surface area contributed by atoms with Crippen molar-refractivity contribution in [3.05, 3.63) is 47.2 Å².